The van der Waals surface area contributed by atoms with Crippen molar-refractivity contribution in [3.05, 3.63) is 71.7 Å². The second kappa shape index (κ2) is 10.4. The summed E-state index contributed by atoms with van der Waals surface area (Å²) >= 11 is 0. The number of para-hydroxylation sites is 1. The fourth-order valence-electron chi connectivity index (χ4n) is 3.10. The first-order valence-electron chi connectivity index (χ1n) is 9.79. The number of benzene rings is 1. The second-order valence-electron chi connectivity index (χ2n) is 6.66. The molecule has 0 bridgehead atoms. The topological polar surface area (TPSA) is 81.4 Å². The fraction of sp³-hybridized carbons (Fsp3) is 0.364. The lowest BCUT2D eigenvalue weighted by atomic mass is 10.1. The Labute approximate surface area is 170 Å². The number of rotatable bonds is 10. The summed E-state index contributed by atoms with van der Waals surface area (Å²) in [6.45, 7) is 3.20. The number of carbonyl (C=O) groups excluding carboxylic acids is 1. The second-order valence-corrected chi connectivity index (χ2v) is 6.66. The Bertz CT molecular complexity index is 911. The molecule has 3 aromatic rings. The van der Waals surface area contributed by atoms with Gasteiger partial charge in [0.15, 0.2) is 0 Å². The quantitative estimate of drug-likeness (QED) is 0.525. The van der Waals surface area contributed by atoms with Gasteiger partial charge in [-0.1, -0.05) is 18.2 Å². The zero-order valence-electron chi connectivity index (χ0n) is 16.9. The van der Waals surface area contributed by atoms with Gasteiger partial charge in [0.2, 0.25) is 17.7 Å². The van der Waals surface area contributed by atoms with Crippen LogP contribution in [0.3, 0.4) is 0 Å². The van der Waals surface area contributed by atoms with Gasteiger partial charge in [-0.15, -0.1) is 10.2 Å². The molecule has 0 unspecified atom stereocenters. The highest BCUT2D eigenvalue weighted by Gasteiger charge is 2.15. The maximum absolute atomic E-state index is 12.5. The molecule has 0 aliphatic heterocycles. The first kappa shape index (κ1) is 20.5. The van der Waals surface area contributed by atoms with E-state index < -0.39 is 0 Å². The van der Waals surface area contributed by atoms with E-state index in [0.717, 1.165) is 23.3 Å². The summed E-state index contributed by atoms with van der Waals surface area (Å²) in [5.41, 5.74) is 2.16. The van der Waals surface area contributed by atoms with Crippen LogP contribution in [0.15, 0.2) is 53.2 Å². The van der Waals surface area contributed by atoms with Crippen LogP contribution < -0.4 is 4.74 Å². The molecule has 7 nitrogen and oxygen atoms in total. The summed E-state index contributed by atoms with van der Waals surface area (Å²) in [7, 11) is 1.66. The van der Waals surface area contributed by atoms with Gasteiger partial charge in [-0.25, -0.2) is 0 Å². The number of hydrogen-bond acceptors (Lipinski definition) is 6. The summed E-state index contributed by atoms with van der Waals surface area (Å²) in [6.07, 6.45) is 5.63. The van der Waals surface area contributed by atoms with Crippen LogP contribution in [0.5, 0.6) is 5.75 Å². The van der Waals surface area contributed by atoms with Crippen LogP contribution in [0, 0.1) is 0 Å². The number of aromatic nitrogens is 3. The molecule has 0 fully saturated rings. The van der Waals surface area contributed by atoms with Crippen molar-refractivity contribution in [1.29, 1.82) is 0 Å². The average Bonchev–Trinajstić information content (AvgIpc) is 3.23. The Hall–Kier alpha value is -3.22. The predicted molar refractivity (Wildman–Crippen MR) is 108 cm³/mol. The van der Waals surface area contributed by atoms with Crippen molar-refractivity contribution >= 4 is 5.91 Å². The Kier molecular flexibility index (Phi) is 7.33. The normalized spacial score (nSPS) is 10.7. The standard InChI is InChI=1S/C22H26N4O3/c1-3-26(16-17-12-14-23-15-13-17)22(27)11-10-21-25-24-20(29-21)9-8-18-6-4-5-7-19(18)28-2/h4-7,12-15H,3,8-11,16H2,1-2H3. The van der Waals surface area contributed by atoms with E-state index in [4.69, 9.17) is 9.15 Å². The van der Waals surface area contributed by atoms with Gasteiger partial charge in [0.05, 0.1) is 7.11 Å². The van der Waals surface area contributed by atoms with E-state index >= 15 is 0 Å². The molecule has 0 saturated heterocycles. The van der Waals surface area contributed by atoms with Crippen LogP contribution in [0.1, 0.15) is 36.3 Å². The first-order chi connectivity index (χ1) is 14.2. The molecular weight excluding hydrogens is 368 g/mol. The summed E-state index contributed by atoms with van der Waals surface area (Å²) in [5.74, 6) is 1.99. The summed E-state index contributed by atoms with van der Waals surface area (Å²) in [5, 5.41) is 8.19. The molecule has 0 N–H and O–H groups in total. The fourth-order valence-corrected chi connectivity index (χ4v) is 3.10. The van der Waals surface area contributed by atoms with Crippen molar-refractivity contribution in [1.82, 2.24) is 20.1 Å². The number of aryl methyl sites for hydroxylation is 3. The molecular formula is C22H26N4O3. The van der Waals surface area contributed by atoms with E-state index in [2.05, 4.69) is 15.2 Å². The highest BCUT2D eigenvalue weighted by Crippen LogP contribution is 2.19. The average molecular weight is 394 g/mol. The van der Waals surface area contributed by atoms with Gasteiger partial charge in [-0.2, -0.15) is 0 Å². The molecule has 7 heteroatoms. The van der Waals surface area contributed by atoms with Gasteiger partial charge in [0, 0.05) is 44.7 Å². The van der Waals surface area contributed by atoms with Crippen LogP contribution in [0.2, 0.25) is 0 Å². The molecule has 3 rings (SSSR count). The van der Waals surface area contributed by atoms with Crippen molar-refractivity contribution in [2.75, 3.05) is 13.7 Å². The summed E-state index contributed by atoms with van der Waals surface area (Å²) in [4.78, 5) is 18.4. The van der Waals surface area contributed by atoms with Crippen LogP contribution in [-0.4, -0.2) is 39.6 Å². The van der Waals surface area contributed by atoms with Gasteiger partial charge < -0.3 is 14.1 Å². The smallest absolute Gasteiger partial charge is 0.223 e. The molecule has 1 amide bonds. The van der Waals surface area contributed by atoms with Crippen LogP contribution in [0.25, 0.3) is 0 Å². The van der Waals surface area contributed by atoms with Crippen LogP contribution >= 0.6 is 0 Å². The van der Waals surface area contributed by atoms with Crippen molar-refractivity contribution in [3.63, 3.8) is 0 Å². The van der Waals surface area contributed by atoms with Gasteiger partial charge in [0.25, 0.3) is 0 Å². The lowest BCUT2D eigenvalue weighted by molar-refractivity contribution is -0.131. The van der Waals surface area contributed by atoms with Crippen LogP contribution in [-0.2, 0) is 30.6 Å². The number of ether oxygens (including phenoxy) is 1. The molecule has 2 heterocycles. The summed E-state index contributed by atoms with van der Waals surface area (Å²) < 4.78 is 11.1. The van der Waals surface area contributed by atoms with Gasteiger partial charge in [-0.05, 0) is 42.7 Å². The molecule has 0 aliphatic rings. The maximum atomic E-state index is 12.5. The third-order valence-corrected chi connectivity index (χ3v) is 4.72. The van der Waals surface area contributed by atoms with Crippen molar-refractivity contribution < 1.29 is 13.9 Å². The van der Waals surface area contributed by atoms with E-state index in [-0.39, 0.29) is 5.91 Å². The van der Waals surface area contributed by atoms with E-state index in [1.807, 2.05) is 48.2 Å². The molecule has 29 heavy (non-hydrogen) atoms. The first-order valence-corrected chi connectivity index (χ1v) is 9.79. The molecule has 0 radical (unpaired) electrons. The summed E-state index contributed by atoms with van der Waals surface area (Å²) in [6, 6.07) is 11.7. The van der Waals surface area contributed by atoms with Gasteiger partial charge >= 0.3 is 0 Å². The van der Waals surface area contributed by atoms with E-state index in [1.165, 1.54) is 0 Å². The molecule has 2 aromatic heterocycles. The Morgan fingerprint density at radius 3 is 2.48 bits per heavy atom. The van der Waals surface area contributed by atoms with E-state index in [9.17, 15) is 4.79 Å². The minimum absolute atomic E-state index is 0.0677. The Morgan fingerprint density at radius 2 is 1.76 bits per heavy atom. The molecule has 152 valence electrons. The van der Waals surface area contributed by atoms with E-state index in [1.54, 1.807) is 19.5 Å². The molecule has 0 atom stereocenters. The largest absolute Gasteiger partial charge is 0.496 e. The lowest BCUT2D eigenvalue weighted by Gasteiger charge is -2.20. The molecule has 1 aromatic carbocycles. The Morgan fingerprint density at radius 1 is 1.03 bits per heavy atom. The molecule has 0 saturated carbocycles. The predicted octanol–water partition coefficient (Wildman–Crippen LogP) is 3.24. The van der Waals surface area contributed by atoms with Crippen molar-refractivity contribution in [2.24, 2.45) is 0 Å². The highest BCUT2D eigenvalue weighted by atomic mass is 16.5. The SMILES string of the molecule is CCN(Cc1ccncc1)C(=O)CCc1nnc(CCc2ccccc2OC)o1. The van der Waals surface area contributed by atoms with Gasteiger partial charge in [0.1, 0.15) is 5.75 Å². The lowest BCUT2D eigenvalue weighted by Crippen LogP contribution is -2.30. The Balaban J connectivity index is 1.50. The number of methoxy groups -OCH3 is 1. The number of pyridine rings is 1. The maximum Gasteiger partial charge on any atom is 0.223 e. The number of carbonyl (C=O) groups is 1. The minimum Gasteiger partial charge on any atom is -0.496 e. The molecule has 0 aliphatic carbocycles. The number of nitrogens with zero attached hydrogens (tertiary/aromatic N) is 4. The minimum atomic E-state index is 0.0677. The zero-order valence-corrected chi connectivity index (χ0v) is 16.9. The van der Waals surface area contributed by atoms with Crippen LogP contribution in [0.4, 0.5) is 0 Å². The number of hydrogen-bond donors (Lipinski definition) is 0. The highest BCUT2D eigenvalue weighted by molar-refractivity contribution is 5.76. The molecule has 0 spiro atoms. The van der Waals surface area contributed by atoms with Crippen molar-refractivity contribution in [2.45, 2.75) is 39.2 Å². The number of amides is 1. The third kappa shape index (κ3) is 5.88. The van der Waals surface area contributed by atoms with Gasteiger partial charge in [-0.3, -0.25) is 9.78 Å². The van der Waals surface area contributed by atoms with Crippen molar-refractivity contribution in [3.8, 4) is 5.75 Å². The third-order valence-electron chi connectivity index (χ3n) is 4.72. The zero-order chi connectivity index (χ0) is 20.5. The monoisotopic (exact) mass is 394 g/mol. The van der Waals surface area contributed by atoms with E-state index in [0.29, 0.717) is 44.1 Å².